The second-order valence-electron chi connectivity index (χ2n) is 8.58. The summed E-state index contributed by atoms with van der Waals surface area (Å²) in [7, 11) is 0. The maximum atomic E-state index is 5.97. The average molecular weight is 443 g/mol. The molecule has 0 aliphatic carbocycles. The molecule has 0 N–H and O–H groups in total. The summed E-state index contributed by atoms with van der Waals surface area (Å²) in [6.07, 6.45) is 9.04. The molecule has 162 valence electrons. The maximum Gasteiger partial charge on any atom is 0.128 e. The predicted molar refractivity (Wildman–Crippen MR) is 131 cm³/mol. The Morgan fingerprint density at radius 1 is 0.781 bits per heavy atom. The Bertz CT molecular complexity index is 1090. The zero-order valence-electron chi connectivity index (χ0n) is 18.2. The van der Waals surface area contributed by atoms with Crippen LogP contribution in [0.1, 0.15) is 36.9 Å². The number of pyridine rings is 2. The quantitative estimate of drug-likeness (QED) is 0.518. The molecule has 0 radical (unpaired) electrons. The van der Waals surface area contributed by atoms with E-state index in [1.807, 2.05) is 48.8 Å². The lowest BCUT2D eigenvalue weighted by Crippen LogP contribution is -2.40. The fourth-order valence-electron chi connectivity index (χ4n) is 4.60. The number of aromatic nitrogens is 2. The van der Waals surface area contributed by atoms with Gasteiger partial charge in [-0.25, -0.2) is 9.97 Å². The Morgan fingerprint density at radius 2 is 1.59 bits per heavy atom. The number of piperidine rings is 1. The van der Waals surface area contributed by atoms with Crippen molar-refractivity contribution in [3.63, 3.8) is 0 Å². The summed E-state index contributed by atoms with van der Waals surface area (Å²) < 4.78 is 0. The molecule has 2 fully saturated rings. The van der Waals surface area contributed by atoms with Crippen LogP contribution < -0.4 is 4.90 Å². The molecule has 2 aliphatic heterocycles. The topological polar surface area (TPSA) is 32.3 Å². The molecular formula is C27H27ClN4. The van der Waals surface area contributed by atoms with Gasteiger partial charge in [0, 0.05) is 47.7 Å². The van der Waals surface area contributed by atoms with Crippen LogP contribution in [0.2, 0.25) is 5.02 Å². The van der Waals surface area contributed by atoms with Gasteiger partial charge in [-0.3, -0.25) is 4.90 Å². The van der Waals surface area contributed by atoms with Gasteiger partial charge in [0.05, 0.1) is 0 Å². The minimum absolute atomic E-state index is 0.679. The molecule has 4 nitrogen and oxygen atoms in total. The highest BCUT2D eigenvalue weighted by atomic mass is 35.5. The maximum absolute atomic E-state index is 5.97. The smallest absolute Gasteiger partial charge is 0.128 e. The number of likely N-dealkylation sites (tertiary alicyclic amines) is 1. The number of halogens is 1. The lowest BCUT2D eigenvalue weighted by molar-refractivity contribution is 0.175. The summed E-state index contributed by atoms with van der Waals surface area (Å²) in [5.41, 5.74) is 3.79. The van der Waals surface area contributed by atoms with Crippen molar-refractivity contribution in [1.82, 2.24) is 14.9 Å². The van der Waals surface area contributed by atoms with E-state index < -0.39 is 0 Å². The Kier molecular flexibility index (Phi) is 6.39. The average Bonchev–Trinajstić information content (AvgIpc) is 3.35. The van der Waals surface area contributed by atoms with Gasteiger partial charge in [-0.1, -0.05) is 42.1 Å². The van der Waals surface area contributed by atoms with Gasteiger partial charge < -0.3 is 4.90 Å². The Labute approximate surface area is 195 Å². The molecular weight excluding hydrogens is 416 g/mol. The van der Waals surface area contributed by atoms with E-state index in [1.54, 1.807) is 0 Å². The summed E-state index contributed by atoms with van der Waals surface area (Å²) in [5.74, 6) is 7.39. The molecule has 2 aliphatic rings. The van der Waals surface area contributed by atoms with Gasteiger partial charge in [-0.2, -0.15) is 0 Å². The molecule has 1 aromatic carbocycles. The summed E-state index contributed by atoms with van der Waals surface area (Å²) in [5, 5.41) is 0.732. The molecule has 1 atom stereocenters. The Hall–Kier alpha value is -2.87. The van der Waals surface area contributed by atoms with E-state index in [9.17, 15) is 0 Å². The van der Waals surface area contributed by atoms with Crippen LogP contribution in [-0.4, -0.2) is 47.1 Å². The third-order valence-electron chi connectivity index (χ3n) is 6.42. The molecule has 2 aromatic heterocycles. The van der Waals surface area contributed by atoms with Gasteiger partial charge in [0.15, 0.2) is 0 Å². The van der Waals surface area contributed by atoms with E-state index >= 15 is 0 Å². The number of nitrogens with zero attached hydrogens (tertiary/aromatic N) is 4. The van der Waals surface area contributed by atoms with Crippen LogP contribution in [0.5, 0.6) is 0 Å². The standard InChI is InChI=1S/C27H27ClN4/c28-24-9-6-22(7-10-24)23-8-12-25(29-19-23)11-4-21-5-13-27(30-18-21)32-17-14-26(20-32)31-15-2-1-3-16-31/h5-10,12-13,18-19,26H,1-3,14-17,20H2/t26-/m0/s1. The minimum atomic E-state index is 0.679. The van der Waals surface area contributed by atoms with Crippen LogP contribution >= 0.6 is 11.6 Å². The van der Waals surface area contributed by atoms with Crippen molar-refractivity contribution < 1.29 is 0 Å². The van der Waals surface area contributed by atoms with Crippen LogP contribution in [0.25, 0.3) is 11.1 Å². The van der Waals surface area contributed by atoms with Gasteiger partial charge in [-0.15, -0.1) is 0 Å². The predicted octanol–water partition coefficient (Wildman–Crippen LogP) is 5.26. The van der Waals surface area contributed by atoms with Gasteiger partial charge in [0.1, 0.15) is 11.5 Å². The lowest BCUT2D eigenvalue weighted by atomic mass is 10.1. The first-order valence-electron chi connectivity index (χ1n) is 11.4. The number of rotatable bonds is 3. The second kappa shape index (κ2) is 9.73. The summed E-state index contributed by atoms with van der Waals surface area (Å²) in [6, 6.07) is 16.6. The third-order valence-corrected chi connectivity index (χ3v) is 6.67. The molecule has 0 saturated carbocycles. The number of hydrogen-bond donors (Lipinski definition) is 0. The monoisotopic (exact) mass is 442 g/mol. The van der Waals surface area contributed by atoms with Crippen LogP contribution in [0.4, 0.5) is 5.82 Å². The van der Waals surface area contributed by atoms with Crippen LogP contribution in [-0.2, 0) is 0 Å². The van der Waals surface area contributed by atoms with E-state index in [-0.39, 0.29) is 0 Å². The molecule has 32 heavy (non-hydrogen) atoms. The van der Waals surface area contributed by atoms with E-state index in [0.29, 0.717) is 6.04 Å². The summed E-state index contributed by atoms with van der Waals surface area (Å²) in [4.78, 5) is 14.3. The van der Waals surface area contributed by atoms with E-state index in [0.717, 1.165) is 46.3 Å². The van der Waals surface area contributed by atoms with Gasteiger partial charge >= 0.3 is 0 Å². The zero-order valence-corrected chi connectivity index (χ0v) is 18.9. The fourth-order valence-corrected chi connectivity index (χ4v) is 4.72. The minimum Gasteiger partial charge on any atom is -0.355 e. The van der Waals surface area contributed by atoms with Gasteiger partial charge in [0.25, 0.3) is 0 Å². The molecule has 5 rings (SSSR count). The van der Waals surface area contributed by atoms with Crippen LogP contribution in [0.15, 0.2) is 60.9 Å². The second-order valence-corrected chi connectivity index (χ2v) is 9.02. The number of benzene rings is 1. The normalized spacial score (nSPS) is 18.9. The van der Waals surface area contributed by atoms with Crippen molar-refractivity contribution in [2.45, 2.75) is 31.7 Å². The molecule has 5 heteroatoms. The first-order chi connectivity index (χ1) is 15.7. The highest BCUT2D eigenvalue weighted by Gasteiger charge is 2.28. The first-order valence-corrected chi connectivity index (χ1v) is 11.8. The molecule has 0 bridgehead atoms. The van der Waals surface area contributed by atoms with Crippen molar-refractivity contribution >= 4 is 17.4 Å². The van der Waals surface area contributed by atoms with Crippen molar-refractivity contribution in [1.29, 1.82) is 0 Å². The number of anilines is 1. The summed E-state index contributed by atoms with van der Waals surface area (Å²) >= 11 is 5.97. The van der Waals surface area contributed by atoms with Crippen LogP contribution in [0.3, 0.4) is 0 Å². The molecule has 3 aromatic rings. The highest BCUT2D eigenvalue weighted by Crippen LogP contribution is 2.24. The Balaban J connectivity index is 1.20. The first kappa shape index (κ1) is 21.0. The molecule has 0 unspecified atom stereocenters. The van der Waals surface area contributed by atoms with E-state index in [2.05, 4.69) is 43.7 Å². The van der Waals surface area contributed by atoms with Gasteiger partial charge in [-0.05, 0) is 74.2 Å². The fraction of sp³-hybridized carbons (Fsp3) is 0.333. The van der Waals surface area contributed by atoms with E-state index in [1.165, 1.54) is 38.8 Å². The SMILES string of the molecule is Clc1ccc(-c2ccc(C#Cc3ccc(N4CC[C@H](N5CCCCC5)C4)nc3)nc2)cc1. The molecule has 4 heterocycles. The highest BCUT2D eigenvalue weighted by molar-refractivity contribution is 6.30. The summed E-state index contributed by atoms with van der Waals surface area (Å²) in [6.45, 7) is 4.69. The van der Waals surface area contributed by atoms with Crippen molar-refractivity contribution in [2.24, 2.45) is 0 Å². The number of hydrogen-bond acceptors (Lipinski definition) is 4. The van der Waals surface area contributed by atoms with E-state index in [4.69, 9.17) is 11.6 Å². The van der Waals surface area contributed by atoms with Crippen molar-refractivity contribution in [3.8, 4) is 23.0 Å². The Morgan fingerprint density at radius 3 is 2.31 bits per heavy atom. The van der Waals surface area contributed by atoms with Gasteiger partial charge in [0.2, 0.25) is 0 Å². The van der Waals surface area contributed by atoms with Crippen LogP contribution in [0, 0.1) is 11.8 Å². The zero-order chi connectivity index (χ0) is 21.8. The molecule has 0 spiro atoms. The molecule has 0 amide bonds. The van der Waals surface area contributed by atoms with Crippen molar-refractivity contribution in [3.05, 3.63) is 77.2 Å². The third kappa shape index (κ3) is 4.96. The largest absolute Gasteiger partial charge is 0.355 e. The lowest BCUT2D eigenvalue weighted by Gasteiger charge is -2.32. The van der Waals surface area contributed by atoms with Crippen molar-refractivity contribution in [2.75, 3.05) is 31.1 Å². The molecule has 2 saturated heterocycles.